The Labute approximate surface area is 244 Å². The molecule has 0 atom stereocenters. The molecule has 0 radical (unpaired) electrons. The van der Waals surface area contributed by atoms with Crippen LogP contribution < -0.4 is 4.74 Å². The van der Waals surface area contributed by atoms with E-state index in [1.54, 1.807) is 21.9 Å². The van der Waals surface area contributed by atoms with Crippen molar-refractivity contribution in [2.75, 3.05) is 39.3 Å². The van der Waals surface area contributed by atoms with Crippen LogP contribution in [0.3, 0.4) is 0 Å². The lowest BCUT2D eigenvalue weighted by Crippen LogP contribution is -2.62. The Morgan fingerprint density at radius 2 is 1.50 bits per heavy atom. The topological polar surface area (TPSA) is 87.2 Å². The molecule has 12 heteroatoms. The first-order valence-corrected chi connectivity index (χ1v) is 15.9. The fourth-order valence-electron chi connectivity index (χ4n) is 6.07. The molecule has 5 rings (SSSR count). The van der Waals surface area contributed by atoms with Gasteiger partial charge in [-0.05, 0) is 72.6 Å². The second-order valence-corrected chi connectivity index (χ2v) is 13.5. The number of carbonyl (C=O) groups excluding carboxylic acids is 2. The van der Waals surface area contributed by atoms with Crippen molar-refractivity contribution in [3.63, 3.8) is 0 Å². The molecule has 8 nitrogen and oxygen atoms in total. The number of aryl methyl sites for hydroxylation is 2. The highest BCUT2D eigenvalue weighted by Crippen LogP contribution is 2.43. The molecule has 2 aliphatic heterocycles. The predicted octanol–water partition coefficient (Wildman–Crippen LogP) is 4.20. The summed E-state index contributed by atoms with van der Waals surface area (Å²) in [7, 11) is -3.60. The van der Waals surface area contributed by atoms with E-state index in [1.165, 1.54) is 22.0 Å². The normalized spacial score (nSPS) is 21.9. The monoisotopic (exact) mass is 607 g/mol. The van der Waals surface area contributed by atoms with Crippen molar-refractivity contribution in [1.29, 1.82) is 0 Å². The zero-order valence-electron chi connectivity index (χ0n) is 23.8. The first kappa shape index (κ1) is 30.3. The van der Waals surface area contributed by atoms with Crippen LogP contribution in [0.2, 0.25) is 0 Å². The number of carbonyl (C=O) groups is 2. The zero-order chi connectivity index (χ0) is 30.2. The molecule has 3 fully saturated rings. The molecule has 2 aromatic rings. The van der Waals surface area contributed by atoms with Gasteiger partial charge in [0.1, 0.15) is 11.0 Å². The summed E-state index contributed by atoms with van der Waals surface area (Å²) in [5, 5.41) is -0.649. The van der Waals surface area contributed by atoms with Crippen molar-refractivity contribution < 1.29 is 35.9 Å². The van der Waals surface area contributed by atoms with Crippen molar-refractivity contribution in [1.82, 2.24) is 14.1 Å². The van der Waals surface area contributed by atoms with Gasteiger partial charge in [-0.15, -0.1) is 13.2 Å². The van der Waals surface area contributed by atoms with Crippen molar-refractivity contribution in [3.05, 3.63) is 64.7 Å². The minimum absolute atomic E-state index is 0.0127. The number of sulfonamides is 1. The van der Waals surface area contributed by atoms with Crippen LogP contribution in [-0.2, 0) is 27.7 Å². The summed E-state index contributed by atoms with van der Waals surface area (Å²) in [4.78, 5) is 29.3. The number of ether oxygens (including phenoxy) is 1. The largest absolute Gasteiger partial charge is 0.573 e. The second-order valence-electron chi connectivity index (χ2n) is 11.3. The fourth-order valence-corrected chi connectivity index (χ4v) is 7.90. The van der Waals surface area contributed by atoms with E-state index >= 15 is 0 Å². The van der Waals surface area contributed by atoms with Gasteiger partial charge >= 0.3 is 6.36 Å². The third-order valence-electron chi connectivity index (χ3n) is 8.75. The Kier molecular flexibility index (Phi) is 8.58. The summed E-state index contributed by atoms with van der Waals surface area (Å²) >= 11 is 0. The summed E-state index contributed by atoms with van der Waals surface area (Å²) in [6.45, 7) is 5.48. The number of benzene rings is 2. The number of alkyl halides is 3. The Morgan fingerprint density at radius 3 is 2.07 bits per heavy atom. The molecule has 42 heavy (non-hydrogen) atoms. The van der Waals surface area contributed by atoms with Gasteiger partial charge in [0.2, 0.25) is 15.9 Å². The lowest BCUT2D eigenvalue weighted by molar-refractivity contribution is -0.274. The number of hydrogen-bond donors (Lipinski definition) is 0. The highest BCUT2D eigenvalue weighted by Gasteiger charge is 2.45. The van der Waals surface area contributed by atoms with Crippen LogP contribution in [0, 0.1) is 5.92 Å². The van der Waals surface area contributed by atoms with Crippen LogP contribution in [0.15, 0.2) is 42.5 Å². The van der Waals surface area contributed by atoms with E-state index in [9.17, 15) is 31.2 Å². The number of piperazine rings is 1. The van der Waals surface area contributed by atoms with Crippen LogP contribution in [0.25, 0.3) is 0 Å². The van der Waals surface area contributed by atoms with Crippen LogP contribution in [-0.4, -0.2) is 85.2 Å². The van der Waals surface area contributed by atoms with Gasteiger partial charge in [-0.2, -0.15) is 4.31 Å². The van der Waals surface area contributed by atoms with Crippen molar-refractivity contribution >= 4 is 21.8 Å². The average molecular weight is 608 g/mol. The van der Waals surface area contributed by atoms with Crippen LogP contribution in [0.4, 0.5) is 13.2 Å². The van der Waals surface area contributed by atoms with E-state index in [4.69, 9.17) is 0 Å². The smallest absolute Gasteiger partial charge is 0.406 e. The van der Waals surface area contributed by atoms with Gasteiger partial charge in [-0.25, -0.2) is 8.42 Å². The van der Waals surface area contributed by atoms with Crippen LogP contribution in [0.5, 0.6) is 5.75 Å². The van der Waals surface area contributed by atoms with E-state index in [0.29, 0.717) is 31.5 Å². The molecule has 2 heterocycles. The first-order chi connectivity index (χ1) is 19.9. The van der Waals surface area contributed by atoms with Crippen LogP contribution in [0.1, 0.15) is 59.7 Å². The number of hydrogen-bond acceptors (Lipinski definition) is 5. The summed E-state index contributed by atoms with van der Waals surface area (Å²) < 4.78 is 69.0. The molecule has 1 aliphatic carbocycles. The predicted molar refractivity (Wildman–Crippen MR) is 151 cm³/mol. The molecule has 0 aromatic heterocycles. The van der Waals surface area contributed by atoms with Crippen molar-refractivity contribution in [2.45, 2.75) is 57.1 Å². The van der Waals surface area contributed by atoms with Crippen LogP contribution >= 0.6 is 0 Å². The summed E-state index contributed by atoms with van der Waals surface area (Å²) in [6, 6.07) is 11.4. The van der Waals surface area contributed by atoms with E-state index in [2.05, 4.69) is 11.7 Å². The molecule has 0 unspecified atom stereocenters. The van der Waals surface area contributed by atoms with Crippen molar-refractivity contribution in [3.8, 4) is 5.75 Å². The molecule has 0 spiro atoms. The van der Waals surface area contributed by atoms with Gasteiger partial charge in [-0.1, -0.05) is 32.0 Å². The second kappa shape index (κ2) is 11.9. The Morgan fingerprint density at radius 1 is 0.881 bits per heavy atom. The molecule has 2 aromatic carbocycles. The third-order valence-corrected chi connectivity index (χ3v) is 11.0. The SMILES string of the molecule is CCc1ccc(C(=O)N2CC(S(=O)(=O)N3CCN(C(=O)C4CC(c5ccc(OC(F)(F)F)cc5)C4)CC3)C2)cc1CC. The highest BCUT2D eigenvalue weighted by molar-refractivity contribution is 7.89. The molecule has 2 amide bonds. The molecular formula is C30H36F3N3O5S. The average Bonchev–Trinajstić information content (AvgIpc) is 2.91. The van der Waals surface area contributed by atoms with E-state index in [-0.39, 0.29) is 55.6 Å². The third kappa shape index (κ3) is 6.29. The van der Waals surface area contributed by atoms with Gasteiger partial charge in [0, 0.05) is 50.7 Å². The lowest BCUT2D eigenvalue weighted by Gasteiger charge is -2.44. The zero-order valence-corrected chi connectivity index (χ0v) is 24.6. The molecule has 2 saturated heterocycles. The molecule has 0 N–H and O–H groups in total. The maximum atomic E-state index is 13.2. The Balaban J connectivity index is 1.07. The quantitative estimate of drug-likeness (QED) is 0.449. The minimum atomic E-state index is -4.74. The van der Waals surface area contributed by atoms with Gasteiger partial charge in [0.05, 0.1) is 0 Å². The maximum Gasteiger partial charge on any atom is 0.573 e. The van der Waals surface area contributed by atoms with Gasteiger partial charge in [0.25, 0.3) is 5.91 Å². The standard InChI is InChI=1S/C30H36F3N3O5S/c1-3-20-5-6-23(15-21(20)4-2)28(37)35-18-27(19-35)42(39,40)36-13-11-34(12-14-36)29(38)25-16-24(17-25)22-7-9-26(10-8-22)41-30(31,32)33/h5-10,15,24-25,27H,3-4,11-14,16-19H2,1-2H3. The molecule has 1 saturated carbocycles. The molecule has 228 valence electrons. The van der Waals surface area contributed by atoms with E-state index in [1.807, 2.05) is 25.1 Å². The Hall–Kier alpha value is -3.12. The Bertz CT molecular complexity index is 1410. The molecular weight excluding hydrogens is 571 g/mol. The number of likely N-dealkylation sites (tertiary alicyclic amines) is 1. The fraction of sp³-hybridized carbons (Fsp3) is 0.533. The van der Waals surface area contributed by atoms with Crippen molar-refractivity contribution in [2.24, 2.45) is 5.92 Å². The van der Waals surface area contributed by atoms with Gasteiger partial charge < -0.3 is 14.5 Å². The van der Waals surface area contributed by atoms with E-state index < -0.39 is 21.6 Å². The minimum Gasteiger partial charge on any atom is -0.406 e. The molecule has 3 aliphatic rings. The summed E-state index contributed by atoms with van der Waals surface area (Å²) in [6.07, 6.45) is -1.82. The molecule has 0 bridgehead atoms. The lowest BCUT2D eigenvalue weighted by atomic mass is 9.71. The number of amides is 2. The highest BCUT2D eigenvalue weighted by atomic mass is 32.2. The summed E-state index contributed by atoms with van der Waals surface area (Å²) in [5.41, 5.74) is 3.78. The summed E-state index contributed by atoms with van der Waals surface area (Å²) in [5.74, 6) is -0.544. The van der Waals surface area contributed by atoms with E-state index in [0.717, 1.165) is 24.0 Å². The number of rotatable bonds is 8. The number of halogens is 3. The van der Waals surface area contributed by atoms with Gasteiger partial charge in [0.15, 0.2) is 0 Å². The van der Waals surface area contributed by atoms with Gasteiger partial charge in [-0.3, -0.25) is 9.59 Å². The first-order valence-electron chi connectivity index (χ1n) is 14.4. The maximum absolute atomic E-state index is 13.2. The number of nitrogens with zero attached hydrogens (tertiary/aromatic N) is 3.